The summed E-state index contributed by atoms with van der Waals surface area (Å²) in [4.78, 5) is 4.65. The van der Waals surface area contributed by atoms with Crippen molar-refractivity contribution in [1.29, 1.82) is 0 Å². The van der Waals surface area contributed by atoms with Crippen molar-refractivity contribution in [2.75, 3.05) is 13.1 Å². The smallest absolute Gasteiger partial charge is 0.262 e. The molecule has 1 saturated heterocycles. The van der Waals surface area contributed by atoms with Crippen LogP contribution < -0.4 is 4.72 Å². The molecule has 0 spiro atoms. The summed E-state index contributed by atoms with van der Waals surface area (Å²) in [5.74, 6) is 1.94. The molecule has 0 unspecified atom stereocenters. The highest BCUT2D eigenvalue weighted by Gasteiger charge is 2.31. The molecule has 4 rings (SSSR count). The van der Waals surface area contributed by atoms with Crippen LogP contribution in [0.25, 0.3) is 11.4 Å². The fourth-order valence-electron chi connectivity index (χ4n) is 3.87. The molecule has 1 saturated carbocycles. The number of aromatic nitrogens is 3. The molecule has 0 amide bonds. The lowest BCUT2D eigenvalue weighted by atomic mass is 9.86. The van der Waals surface area contributed by atoms with Crippen LogP contribution in [0.2, 0.25) is 0 Å². The molecule has 1 aromatic carbocycles. The van der Waals surface area contributed by atoms with Crippen molar-refractivity contribution < 1.29 is 8.42 Å². The highest BCUT2D eigenvalue weighted by molar-refractivity contribution is 7.87. The molecule has 2 aromatic rings. The third-order valence-corrected chi connectivity index (χ3v) is 7.05. The van der Waals surface area contributed by atoms with E-state index < -0.39 is 10.2 Å². The van der Waals surface area contributed by atoms with Gasteiger partial charge in [-0.05, 0) is 38.5 Å². The molecule has 2 heterocycles. The molecule has 1 aromatic heterocycles. The van der Waals surface area contributed by atoms with Gasteiger partial charge >= 0.3 is 0 Å². The van der Waals surface area contributed by atoms with Crippen LogP contribution in [0.5, 0.6) is 0 Å². The number of rotatable bonds is 5. The van der Waals surface area contributed by atoms with E-state index in [0.29, 0.717) is 19.0 Å². The minimum Gasteiger partial charge on any atom is -0.262 e. The normalized spacial score (nSPS) is 24.8. The second-order valence-corrected chi connectivity index (χ2v) is 8.89. The molecule has 0 atom stereocenters. The number of hydrogen-bond donors (Lipinski definition) is 2. The van der Waals surface area contributed by atoms with Crippen LogP contribution >= 0.6 is 0 Å². The Hall–Kier alpha value is -1.77. The Morgan fingerprint density at radius 3 is 2.42 bits per heavy atom. The molecular weight excluding hydrogens is 350 g/mol. The number of benzene rings is 1. The van der Waals surface area contributed by atoms with E-state index in [1.54, 1.807) is 4.31 Å². The summed E-state index contributed by atoms with van der Waals surface area (Å²) >= 11 is 0. The highest BCUT2D eigenvalue weighted by Crippen LogP contribution is 2.32. The van der Waals surface area contributed by atoms with Gasteiger partial charge in [0.25, 0.3) is 10.2 Å². The monoisotopic (exact) mass is 375 g/mol. The van der Waals surface area contributed by atoms with E-state index in [0.717, 1.165) is 55.7 Å². The fraction of sp³-hybridized carbons (Fsp3) is 0.556. The molecule has 8 heteroatoms. The van der Waals surface area contributed by atoms with E-state index in [4.69, 9.17) is 0 Å². The van der Waals surface area contributed by atoms with Crippen LogP contribution in [0.3, 0.4) is 0 Å². The van der Waals surface area contributed by atoms with Gasteiger partial charge in [0.15, 0.2) is 5.82 Å². The number of H-pyrrole nitrogens is 1. The minimum atomic E-state index is -3.33. The largest absolute Gasteiger partial charge is 0.279 e. The number of nitrogens with one attached hydrogen (secondary N) is 2. The van der Waals surface area contributed by atoms with E-state index in [1.807, 2.05) is 30.3 Å². The van der Waals surface area contributed by atoms with Gasteiger partial charge in [-0.25, -0.2) is 4.98 Å². The standard InChI is InChI=1S/C18H25N5O2S/c24-26(25,23-12-4-5-13-23)22-16-10-8-15(9-11-16)18-19-17(20-21-18)14-6-2-1-3-7-14/h1-3,6-7,15-16,22H,4-5,8-13H2,(H,19,20,21). The van der Waals surface area contributed by atoms with Crippen LogP contribution in [0.15, 0.2) is 30.3 Å². The summed E-state index contributed by atoms with van der Waals surface area (Å²) in [6, 6.07) is 9.94. The maximum atomic E-state index is 12.4. The predicted octanol–water partition coefficient (Wildman–Crippen LogP) is 2.43. The molecule has 1 aliphatic heterocycles. The first-order valence-corrected chi connectivity index (χ1v) is 10.8. The first-order chi connectivity index (χ1) is 12.6. The molecule has 2 aliphatic rings. The summed E-state index contributed by atoms with van der Waals surface area (Å²) in [6.07, 6.45) is 5.41. The Bertz CT molecular complexity index is 822. The van der Waals surface area contributed by atoms with Crippen LogP contribution in [-0.2, 0) is 10.2 Å². The zero-order chi connectivity index (χ0) is 18.0. The molecule has 0 bridgehead atoms. The SMILES string of the molecule is O=S(=O)(NC1CCC(c2nc(-c3ccccc3)n[nH]2)CC1)N1CCCC1. The second kappa shape index (κ2) is 7.46. The lowest BCUT2D eigenvalue weighted by Crippen LogP contribution is -2.45. The number of hydrogen-bond acceptors (Lipinski definition) is 4. The average molecular weight is 375 g/mol. The van der Waals surface area contributed by atoms with E-state index >= 15 is 0 Å². The van der Waals surface area contributed by atoms with Crippen molar-refractivity contribution in [2.45, 2.75) is 50.5 Å². The number of aromatic amines is 1. The third-order valence-electron chi connectivity index (χ3n) is 5.37. The van der Waals surface area contributed by atoms with Crippen LogP contribution in [-0.4, -0.2) is 47.0 Å². The van der Waals surface area contributed by atoms with Crippen molar-refractivity contribution in [3.8, 4) is 11.4 Å². The van der Waals surface area contributed by atoms with Gasteiger partial charge in [-0.1, -0.05) is 30.3 Å². The maximum Gasteiger partial charge on any atom is 0.279 e. The lowest BCUT2D eigenvalue weighted by molar-refractivity contribution is 0.356. The zero-order valence-corrected chi connectivity index (χ0v) is 15.6. The van der Waals surface area contributed by atoms with Crippen LogP contribution in [0.4, 0.5) is 0 Å². The summed E-state index contributed by atoms with van der Waals surface area (Å²) < 4.78 is 29.3. The van der Waals surface area contributed by atoms with E-state index in [2.05, 4.69) is 19.9 Å². The van der Waals surface area contributed by atoms with Gasteiger partial charge in [0, 0.05) is 30.6 Å². The van der Waals surface area contributed by atoms with Gasteiger partial charge < -0.3 is 0 Å². The first-order valence-electron chi connectivity index (χ1n) is 9.37. The Morgan fingerprint density at radius 2 is 1.73 bits per heavy atom. The Morgan fingerprint density at radius 1 is 1.04 bits per heavy atom. The van der Waals surface area contributed by atoms with Gasteiger partial charge in [-0.3, -0.25) is 5.10 Å². The molecule has 140 valence electrons. The van der Waals surface area contributed by atoms with Gasteiger partial charge in [-0.2, -0.15) is 22.5 Å². The van der Waals surface area contributed by atoms with Crippen molar-refractivity contribution >= 4 is 10.2 Å². The summed E-state index contributed by atoms with van der Waals surface area (Å²) in [5.41, 5.74) is 1.00. The molecular formula is C18H25N5O2S. The van der Waals surface area contributed by atoms with Gasteiger partial charge in [0.05, 0.1) is 0 Å². The Labute approximate surface area is 154 Å². The average Bonchev–Trinajstić information content (AvgIpc) is 3.35. The van der Waals surface area contributed by atoms with Gasteiger partial charge in [-0.15, -0.1) is 0 Å². The van der Waals surface area contributed by atoms with E-state index in [-0.39, 0.29) is 6.04 Å². The van der Waals surface area contributed by atoms with Crippen molar-refractivity contribution in [2.24, 2.45) is 0 Å². The fourth-order valence-corrected chi connectivity index (χ4v) is 5.42. The van der Waals surface area contributed by atoms with Crippen molar-refractivity contribution in [3.05, 3.63) is 36.2 Å². The molecule has 2 N–H and O–H groups in total. The van der Waals surface area contributed by atoms with Gasteiger partial charge in [0.1, 0.15) is 5.82 Å². The van der Waals surface area contributed by atoms with Crippen molar-refractivity contribution in [3.63, 3.8) is 0 Å². The molecule has 26 heavy (non-hydrogen) atoms. The molecule has 2 fully saturated rings. The minimum absolute atomic E-state index is 0.0216. The summed E-state index contributed by atoms with van der Waals surface area (Å²) in [5, 5.41) is 7.41. The maximum absolute atomic E-state index is 12.4. The zero-order valence-electron chi connectivity index (χ0n) is 14.8. The van der Waals surface area contributed by atoms with Crippen LogP contribution in [0.1, 0.15) is 50.3 Å². The van der Waals surface area contributed by atoms with E-state index in [9.17, 15) is 8.42 Å². The topological polar surface area (TPSA) is 91.0 Å². The Balaban J connectivity index is 1.34. The summed E-state index contributed by atoms with van der Waals surface area (Å²) in [7, 11) is -3.33. The second-order valence-electron chi connectivity index (χ2n) is 7.19. The highest BCUT2D eigenvalue weighted by atomic mass is 32.2. The van der Waals surface area contributed by atoms with Crippen molar-refractivity contribution in [1.82, 2.24) is 24.2 Å². The quantitative estimate of drug-likeness (QED) is 0.840. The molecule has 7 nitrogen and oxygen atoms in total. The first kappa shape index (κ1) is 17.6. The Kier molecular flexibility index (Phi) is 5.06. The molecule has 0 radical (unpaired) electrons. The lowest BCUT2D eigenvalue weighted by Gasteiger charge is -2.29. The van der Waals surface area contributed by atoms with Gasteiger partial charge in [0.2, 0.25) is 0 Å². The van der Waals surface area contributed by atoms with E-state index in [1.165, 1.54) is 0 Å². The number of nitrogens with zero attached hydrogens (tertiary/aromatic N) is 3. The van der Waals surface area contributed by atoms with Crippen LogP contribution in [0, 0.1) is 0 Å². The molecule has 1 aliphatic carbocycles. The summed E-state index contributed by atoms with van der Waals surface area (Å²) in [6.45, 7) is 1.29. The third kappa shape index (κ3) is 3.82. The predicted molar refractivity (Wildman–Crippen MR) is 99.7 cm³/mol.